The van der Waals surface area contributed by atoms with E-state index in [0.717, 1.165) is 0 Å². The third-order valence-corrected chi connectivity index (χ3v) is 3.61. The van der Waals surface area contributed by atoms with Gasteiger partial charge in [0.05, 0.1) is 6.61 Å². The van der Waals surface area contributed by atoms with E-state index in [1.54, 1.807) is 36.4 Å². The lowest BCUT2D eigenvalue weighted by Crippen LogP contribution is -2.05. The monoisotopic (exact) mass is 264 g/mol. The molecule has 5 heteroatoms. The zero-order valence-electron chi connectivity index (χ0n) is 9.45. The largest absolute Gasteiger partial charge is 0.392 e. The highest BCUT2D eigenvalue weighted by molar-refractivity contribution is 7.86. The van der Waals surface area contributed by atoms with Gasteiger partial charge >= 0.3 is 0 Å². The van der Waals surface area contributed by atoms with Crippen LogP contribution in [0.2, 0.25) is 0 Å². The Kier molecular flexibility index (Phi) is 3.47. The van der Waals surface area contributed by atoms with Crippen molar-refractivity contribution in [3.63, 3.8) is 0 Å². The number of hydrogen-bond donors (Lipinski definition) is 2. The zero-order valence-corrected chi connectivity index (χ0v) is 10.3. The topological polar surface area (TPSA) is 74.6 Å². The molecule has 0 aliphatic heterocycles. The van der Waals surface area contributed by atoms with Crippen LogP contribution in [-0.4, -0.2) is 18.1 Å². The molecule has 0 unspecified atom stereocenters. The summed E-state index contributed by atoms with van der Waals surface area (Å²) < 4.78 is 32.2. The van der Waals surface area contributed by atoms with Crippen LogP contribution in [0.3, 0.4) is 0 Å². The van der Waals surface area contributed by atoms with Crippen molar-refractivity contribution in [2.45, 2.75) is 11.5 Å². The fourth-order valence-corrected chi connectivity index (χ4v) is 2.79. The van der Waals surface area contributed by atoms with Crippen LogP contribution in [0.15, 0.2) is 53.4 Å². The van der Waals surface area contributed by atoms with Gasteiger partial charge in [-0.25, -0.2) is 0 Å². The third kappa shape index (κ3) is 2.43. The van der Waals surface area contributed by atoms with Gasteiger partial charge in [-0.3, -0.25) is 4.55 Å². The van der Waals surface area contributed by atoms with Crippen LogP contribution in [0.25, 0.3) is 11.1 Å². The second-order valence-corrected chi connectivity index (χ2v) is 5.15. The van der Waals surface area contributed by atoms with E-state index in [0.29, 0.717) is 11.1 Å². The van der Waals surface area contributed by atoms with Crippen molar-refractivity contribution in [1.29, 1.82) is 0 Å². The molecule has 2 aromatic carbocycles. The molecule has 0 saturated heterocycles. The first-order valence-corrected chi connectivity index (χ1v) is 6.73. The van der Waals surface area contributed by atoms with Gasteiger partial charge in [0.2, 0.25) is 0 Å². The summed E-state index contributed by atoms with van der Waals surface area (Å²) in [5.74, 6) is 0. The Bertz CT molecular complexity index is 648. The molecule has 94 valence electrons. The minimum atomic E-state index is -4.38. The Balaban J connectivity index is 2.77. The number of hydrogen-bond acceptors (Lipinski definition) is 3. The van der Waals surface area contributed by atoms with E-state index in [4.69, 9.17) is 0 Å². The van der Waals surface area contributed by atoms with E-state index in [1.165, 1.54) is 6.07 Å². The summed E-state index contributed by atoms with van der Waals surface area (Å²) in [5.41, 5.74) is 1.23. The molecule has 0 amide bonds. The molecule has 0 heterocycles. The summed E-state index contributed by atoms with van der Waals surface area (Å²) in [4.78, 5) is -0.237. The summed E-state index contributed by atoms with van der Waals surface area (Å²) in [5, 5.41) is 9.18. The van der Waals surface area contributed by atoms with Crippen LogP contribution >= 0.6 is 0 Å². The number of aliphatic hydroxyl groups is 1. The predicted molar refractivity (Wildman–Crippen MR) is 67.6 cm³/mol. The lowest BCUT2D eigenvalue weighted by Gasteiger charge is -2.11. The molecule has 0 bridgehead atoms. The third-order valence-electron chi connectivity index (χ3n) is 2.61. The Morgan fingerprint density at radius 3 is 2.17 bits per heavy atom. The molecule has 2 N–H and O–H groups in total. The zero-order chi connectivity index (χ0) is 13.2. The van der Waals surface area contributed by atoms with Gasteiger partial charge in [0.15, 0.2) is 0 Å². The maximum absolute atomic E-state index is 11.5. The minimum Gasteiger partial charge on any atom is -0.392 e. The van der Waals surface area contributed by atoms with Crippen LogP contribution in [0.1, 0.15) is 5.56 Å². The van der Waals surface area contributed by atoms with E-state index in [2.05, 4.69) is 0 Å². The van der Waals surface area contributed by atoms with E-state index < -0.39 is 16.7 Å². The second-order valence-electron chi connectivity index (χ2n) is 3.79. The van der Waals surface area contributed by atoms with Gasteiger partial charge in [-0.1, -0.05) is 48.5 Å². The summed E-state index contributed by atoms with van der Waals surface area (Å²) in [6, 6.07) is 13.5. The van der Waals surface area contributed by atoms with E-state index in [1.807, 2.05) is 6.07 Å². The van der Waals surface area contributed by atoms with Crippen LogP contribution in [-0.2, 0) is 16.7 Å². The first-order valence-electron chi connectivity index (χ1n) is 5.29. The highest BCUT2D eigenvalue weighted by Gasteiger charge is 2.20. The van der Waals surface area contributed by atoms with Crippen molar-refractivity contribution in [3.05, 3.63) is 54.1 Å². The van der Waals surface area contributed by atoms with Crippen LogP contribution in [0.5, 0.6) is 0 Å². The Morgan fingerprint density at radius 2 is 1.61 bits per heavy atom. The summed E-state index contributed by atoms with van der Waals surface area (Å²) >= 11 is 0. The van der Waals surface area contributed by atoms with Gasteiger partial charge in [-0.15, -0.1) is 0 Å². The molecular formula is C13H12O4S. The van der Waals surface area contributed by atoms with Crippen molar-refractivity contribution < 1.29 is 18.1 Å². The first-order chi connectivity index (χ1) is 8.54. The van der Waals surface area contributed by atoms with Gasteiger partial charge in [0, 0.05) is 5.56 Å². The van der Waals surface area contributed by atoms with Gasteiger partial charge in [-0.05, 0) is 11.1 Å². The maximum Gasteiger partial charge on any atom is 0.295 e. The minimum absolute atomic E-state index is 0.179. The summed E-state index contributed by atoms with van der Waals surface area (Å²) in [6.45, 7) is -0.449. The quantitative estimate of drug-likeness (QED) is 0.832. The van der Waals surface area contributed by atoms with Gasteiger partial charge in [-0.2, -0.15) is 8.42 Å². The van der Waals surface area contributed by atoms with Crippen molar-refractivity contribution in [1.82, 2.24) is 0 Å². The average Bonchev–Trinajstić information content (AvgIpc) is 2.38. The summed E-state index contributed by atoms with van der Waals surface area (Å²) in [7, 11) is -4.38. The van der Waals surface area contributed by atoms with E-state index in [-0.39, 0.29) is 10.5 Å². The molecule has 2 rings (SSSR count). The lowest BCUT2D eigenvalue weighted by atomic mass is 10.0. The molecule has 0 radical (unpaired) electrons. The molecule has 0 saturated carbocycles. The molecule has 0 aromatic heterocycles. The molecule has 0 atom stereocenters. The highest BCUT2D eigenvalue weighted by Crippen LogP contribution is 2.30. The van der Waals surface area contributed by atoms with E-state index in [9.17, 15) is 18.1 Å². The Morgan fingerprint density at radius 1 is 0.944 bits per heavy atom. The number of aliphatic hydroxyl groups excluding tert-OH is 1. The van der Waals surface area contributed by atoms with Crippen molar-refractivity contribution in [3.8, 4) is 11.1 Å². The van der Waals surface area contributed by atoms with Crippen molar-refractivity contribution in [2.75, 3.05) is 0 Å². The molecule has 4 nitrogen and oxygen atoms in total. The standard InChI is InChI=1S/C13H12O4S/c14-9-11-7-4-8-12(13(11)18(15,16)17)10-5-2-1-3-6-10/h1-8,14H,9H2,(H,15,16,17). The molecule has 0 aliphatic rings. The SMILES string of the molecule is O=S(=O)(O)c1c(CO)cccc1-c1ccccc1. The fraction of sp³-hybridized carbons (Fsp3) is 0.0769. The van der Waals surface area contributed by atoms with Crippen LogP contribution in [0, 0.1) is 0 Å². The van der Waals surface area contributed by atoms with Crippen molar-refractivity contribution >= 4 is 10.1 Å². The van der Waals surface area contributed by atoms with Gasteiger partial charge in [0.1, 0.15) is 4.90 Å². The molecule has 0 spiro atoms. The van der Waals surface area contributed by atoms with Crippen LogP contribution < -0.4 is 0 Å². The van der Waals surface area contributed by atoms with Crippen molar-refractivity contribution in [2.24, 2.45) is 0 Å². The average molecular weight is 264 g/mol. The maximum atomic E-state index is 11.5. The molecule has 2 aromatic rings. The van der Waals surface area contributed by atoms with Crippen LogP contribution in [0.4, 0.5) is 0 Å². The molecular weight excluding hydrogens is 252 g/mol. The smallest absolute Gasteiger partial charge is 0.295 e. The van der Waals surface area contributed by atoms with E-state index >= 15 is 0 Å². The normalized spacial score (nSPS) is 11.4. The van der Waals surface area contributed by atoms with Gasteiger partial charge in [0.25, 0.3) is 10.1 Å². The molecule has 0 aliphatic carbocycles. The molecule has 18 heavy (non-hydrogen) atoms. The number of rotatable bonds is 3. The fourth-order valence-electron chi connectivity index (χ4n) is 1.86. The Labute approximate surface area is 105 Å². The highest BCUT2D eigenvalue weighted by atomic mass is 32.2. The Hall–Kier alpha value is -1.69. The summed E-state index contributed by atoms with van der Waals surface area (Å²) in [6.07, 6.45) is 0. The predicted octanol–water partition coefficient (Wildman–Crippen LogP) is 2.09. The second kappa shape index (κ2) is 4.89. The van der Waals surface area contributed by atoms with Gasteiger partial charge < -0.3 is 5.11 Å². The molecule has 0 fully saturated rings. The lowest BCUT2D eigenvalue weighted by molar-refractivity contribution is 0.278. The number of benzene rings is 2. The first kappa shape index (κ1) is 12.8.